The molecule has 23 heavy (non-hydrogen) atoms. The zero-order valence-electron chi connectivity index (χ0n) is 12.2. The van der Waals surface area contributed by atoms with Crippen molar-refractivity contribution in [3.63, 3.8) is 0 Å². The summed E-state index contributed by atoms with van der Waals surface area (Å²) in [4.78, 5) is 12.7. The van der Waals surface area contributed by atoms with E-state index >= 15 is 0 Å². The maximum absolute atomic E-state index is 12.7. The van der Waals surface area contributed by atoms with Crippen molar-refractivity contribution in [2.75, 3.05) is 14.2 Å². The van der Waals surface area contributed by atoms with Crippen LogP contribution in [0, 0.1) is 5.21 Å². The summed E-state index contributed by atoms with van der Waals surface area (Å²) in [5.41, 5.74) is -0.121. The molecule has 0 fully saturated rings. The molecular formula is C15H13Cl2NO5. The van der Waals surface area contributed by atoms with Crippen LogP contribution in [0.15, 0.2) is 30.3 Å². The highest BCUT2D eigenvalue weighted by Gasteiger charge is 2.24. The molecule has 0 aliphatic heterocycles. The molecule has 0 bridgehead atoms. The van der Waals surface area contributed by atoms with Gasteiger partial charge in [0.1, 0.15) is 0 Å². The topological polar surface area (TPSA) is 83.3 Å². The number of ketones is 1. The molecular weight excluding hydrogens is 345 g/mol. The molecule has 0 radical (unpaired) electrons. The van der Waals surface area contributed by atoms with E-state index in [1.165, 1.54) is 44.6 Å². The summed E-state index contributed by atoms with van der Waals surface area (Å²) in [7, 11) is 2.77. The Labute approximate surface area is 142 Å². The lowest BCUT2D eigenvalue weighted by Crippen LogP contribution is -2.99. The van der Waals surface area contributed by atoms with Crippen LogP contribution in [0.5, 0.6) is 11.5 Å². The van der Waals surface area contributed by atoms with Gasteiger partial charge in [-0.3, -0.25) is 4.79 Å². The number of ether oxygens (including phenoxy) is 2. The summed E-state index contributed by atoms with van der Waals surface area (Å²) < 4.78 is 10.2. The molecule has 0 spiro atoms. The van der Waals surface area contributed by atoms with Crippen LogP contribution in [0.2, 0.25) is 10.0 Å². The third-order valence-electron chi connectivity index (χ3n) is 3.17. The van der Waals surface area contributed by atoms with Crippen molar-refractivity contribution < 1.29 is 24.7 Å². The normalized spacial score (nSPS) is 11.9. The highest BCUT2D eigenvalue weighted by Crippen LogP contribution is 2.34. The summed E-state index contributed by atoms with van der Waals surface area (Å²) >= 11 is 11.8. The van der Waals surface area contributed by atoms with Crippen molar-refractivity contribution in [2.45, 2.75) is 0 Å². The van der Waals surface area contributed by atoms with Gasteiger partial charge in [-0.15, -0.1) is 0 Å². The summed E-state index contributed by atoms with van der Waals surface area (Å²) in [5.74, 6) is -0.0976. The molecule has 0 saturated heterocycles. The SMILES string of the molecule is COc1cc(C(=O)c2ccc(Cl)cc2Cl)c([NH+]([O-])O)cc1OC. The van der Waals surface area contributed by atoms with Gasteiger partial charge < -0.3 is 14.7 Å². The Balaban J connectivity index is 2.62. The van der Waals surface area contributed by atoms with Gasteiger partial charge in [0.05, 0.1) is 24.8 Å². The van der Waals surface area contributed by atoms with Crippen molar-refractivity contribution in [1.29, 1.82) is 0 Å². The molecule has 1 atom stereocenters. The van der Waals surface area contributed by atoms with Gasteiger partial charge in [-0.1, -0.05) is 23.2 Å². The Morgan fingerprint density at radius 2 is 1.70 bits per heavy atom. The Morgan fingerprint density at radius 1 is 1.09 bits per heavy atom. The minimum Gasteiger partial charge on any atom is -0.595 e. The first-order valence-electron chi connectivity index (χ1n) is 6.38. The van der Waals surface area contributed by atoms with E-state index in [9.17, 15) is 15.2 Å². The number of hydrogen-bond donors (Lipinski definition) is 2. The first-order chi connectivity index (χ1) is 10.9. The number of rotatable bonds is 5. The summed E-state index contributed by atoms with van der Waals surface area (Å²) in [6, 6.07) is 6.91. The number of benzene rings is 2. The third kappa shape index (κ3) is 3.57. The molecule has 2 rings (SSSR count). The highest BCUT2D eigenvalue weighted by molar-refractivity contribution is 6.37. The van der Waals surface area contributed by atoms with Crippen molar-refractivity contribution in [3.8, 4) is 11.5 Å². The van der Waals surface area contributed by atoms with Gasteiger partial charge in [0, 0.05) is 22.7 Å². The molecule has 122 valence electrons. The summed E-state index contributed by atoms with van der Waals surface area (Å²) in [6.07, 6.45) is 0. The smallest absolute Gasteiger partial charge is 0.200 e. The van der Waals surface area contributed by atoms with Gasteiger partial charge in [-0.2, -0.15) is 5.23 Å². The lowest BCUT2D eigenvalue weighted by Gasteiger charge is -2.18. The molecule has 0 aliphatic carbocycles. The summed E-state index contributed by atoms with van der Waals surface area (Å²) in [6.45, 7) is 0. The predicted molar refractivity (Wildman–Crippen MR) is 85.2 cm³/mol. The molecule has 2 aromatic carbocycles. The molecule has 2 N–H and O–H groups in total. The zero-order chi connectivity index (χ0) is 17.1. The number of methoxy groups -OCH3 is 2. The van der Waals surface area contributed by atoms with E-state index in [1.807, 2.05) is 0 Å². The number of carbonyl (C=O) groups is 1. The average Bonchev–Trinajstić information content (AvgIpc) is 2.52. The van der Waals surface area contributed by atoms with E-state index in [-0.39, 0.29) is 33.3 Å². The van der Waals surface area contributed by atoms with E-state index in [0.717, 1.165) is 0 Å². The van der Waals surface area contributed by atoms with E-state index < -0.39 is 11.0 Å². The fourth-order valence-electron chi connectivity index (χ4n) is 2.06. The van der Waals surface area contributed by atoms with Gasteiger partial charge in [0.2, 0.25) is 5.78 Å². The van der Waals surface area contributed by atoms with E-state index in [4.69, 9.17) is 32.7 Å². The maximum Gasteiger partial charge on any atom is 0.200 e. The number of carbonyl (C=O) groups excluding carboxylic acids is 1. The first-order valence-corrected chi connectivity index (χ1v) is 7.13. The highest BCUT2D eigenvalue weighted by atomic mass is 35.5. The minimum atomic E-state index is -1.26. The maximum atomic E-state index is 12.7. The van der Waals surface area contributed by atoms with Crippen LogP contribution in [-0.2, 0) is 0 Å². The van der Waals surface area contributed by atoms with Crippen LogP contribution >= 0.6 is 23.2 Å². The standard InChI is InChI=1S/C15H13Cl2NO5/c1-22-13-6-10(12(18(20)21)7-14(13)23-2)15(19)9-4-3-8(16)5-11(9)17/h3-7,18,20H,1-2H3. The fraction of sp³-hybridized carbons (Fsp3) is 0.133. The van der Waals surface area contributed by atoms with E-state index in [0.29, 0.717) is 5.02 Å². The second kappa shape index (κ2) is 7.16. The first kappa shape index (κ1) is 17.5. The number of quaternary nitrogens is 1. The van der Waals surface area contributed by atoms with Gasteiger partial charge in [0.25, 0.3) is 0 Å². The van der Waals surface area contributed by atoms with Gasteiger partial charge in [-0.25, -0.2) is 5.21 Å². The monoisotopic (exact) mass is 357 g/mol. The third-order valence-corrected chi connectivity index (χ3v) is 3.72. The van der Waals surface area contributed by atoms with Gasteiger partial charge >= 0.3 is 0 Å². The number of hydrogen-bond acceptors (Lipinski definition) is 5. The van der Waals surface area contributed by atoms with Gasteiger partial charge in [0.15, 0.2) is 17.2 Å². The Kier molecular flexibility index (Phi) is 5.46. The average molecular weight is 358 g/mol. The fourth-order valence-corrected chi connectivity index (χ4v) is 2.56. The molecule has 6 nitrogen and oxygen atoms in total. The Bertz CT molecular complexity index is 749. The molecule has 0 heterocycles. The van der Waals surface area contributed by atoms with Crippen molar-refractivity contribution in [3.05, 3.63) is 56.7 Å². The van der Waals surface area contributed by atoms with E-state index in [1.54, 1.807) is 0 Å². The molecule has 0 amide bonds. The second-order valence-electron chi connectivity index (χ2n) is 4.51. The van der Waals surface area contributed by atoms with Crippen LogP contribution in [-0.4, -0.2) is 25.2 Å². The lowest BCUT2D eigenvalue weighted by molar-refractivity contribution is -0.991. The van der Waals surface area contributed by atoms with Crippen molar-refractivity contribution >= 4 is 34.7 Å². The van der Waals surface area contributed by atoms with Crippen LogP contribution in [0.4, 0.5) is 5.69 Å². The van der Waals surface area contributed by atoms with Crippen molar-refractivity contribution in [2.24, 2.45) is 0 Å². The molecule has 2 aromatic rings. The quantitative estimate of drug-likeness (QED) is 0.634. The number of nitrogens with one attached hydrogen (secondary N) is 1. The Morgan fingerprint density at radius 3 is 2.22 bits per heavy atom. The minimum absolute atomic E-state index is 0.0561. The largest absolute Gasteiger partial charge is 0.595 e. The van der Waals surface area contributed by atoms with Crippen LogP contribution in [0.1, 0.15) is 15.9 Å². The summed E-state index contributed by atoms with van der Waals surface area (Å²) in [5, 5.41) is 20.1. The van der Waals surface area contributed by atoms with Crippen molar-refractivity contribution in [1.82, 2.24) is 0 Å². The lowest BCUT2D eigenvalue weighted by atomic mass is 10.0. The molecule has 0 saturated carbocycles. The second-order valence-corrected chi connectivity index (χ2v) is 5.35. The molecule has 8 heteroatoms. The number of halogens is 2. The van der Waals surface area contributed by atoms with Crippen LogP contribution in [0.3, 0.4) is 0 Å². The zero-order valence-corrected chi connectivity index (χ0v) is 13.7. The van der Waals surface area contributed by atoms with Crippen LogP contribution < -0.4 is 14.7 Å². The molecule has 0 aromatic heterocycles. The Hall–Kier alpha value is -1.83. The van der Waals surface area contributed by atoms with Crippen LogP contribution in [0.25, 0.3) is 0 Å². The van der Waals surface area contributed by atoms with Gasteiger partial charge in [-0.05, 0) is 18.2 Å². The van der Waals surface area contributed by atoms with E-state index in [2.05, 4.69) is 0 Å². The molecule has 0 aliphatic rings. The predicted octanol–water partition coefficient (Wildman–Crippen LogP) is 2.65. The molecule has 1 unspecified atom stereocenters.